The van der Waals surface area contributed by atoms with E-state index in [1.807, 2.05) is 17.0 Å². The van der Waals surface area contributed by atoms with Crippen LogP contribution in [0.3, 0.4) is 0 Å². The average Bonchev–Trinajstić information content (AvgIpc) is 2.46. The molecule has 6 nitrogen and oxygen atoms in total. The number of nitrogens with zero attached hydrogens (tertiary/aromatic N) is 4. The van der Waals surface area contributed by atoms with Crippen molar-refractivity contribution in [2.75, 3.05) is 23.0 Å². The number of thioether (sulfide) groups is 1. The summed E-state index contributed by atoms with van der Waals surface area (Å²) in [7, 11) is 0. The molecule has 1 unspecified atom stereocenters. The van der Waals surface area contributed by atoms with Crippen LogP contribution in [0.5, 0.6) is 0 Å². The Bertz CT molecular complexity index is 621. The molecule has 0 radical (unpaired) electrons. The van der Waals surface area contributed by atoms with Crippen molar-refractivity contribution in [3.63, 3.8) is 0 Å². The lowest BCUT2D eigenvalue weighted by atomic mass is 10.2. The van der Waals surface area contributed by atoms with Gasteiger partial charge in [-0.1, -0.05) is 0 Å². The molecule has 0 spiro atoms. The minimum Gasteiger partial charge on any atom is -0.480 e. The Balaban J connectivity index is 1.99. The van der Waals surface area contributed by atoms with E-state index in [2.05, 4.69) is 15.0 Å². The molecule has 3 heterocycles. The fourth-order valence-electron chi connectivity index (χ4n) is 2.09. The first-order chi connectivity index (χ1) is 9.25. The van der Waals surface area contributed by atoms with Gasteiger partial charge in [0.1, 0.15) is 17.4 Å². The molecule has 1 saturated heterocycles. The summed E-state index contributed by atoms with van der Waals surface area (Å²) >= 11 is 1.66. The highest BCUT2D eigenvalue weighted by Gasteiger charge is 2.29. The van der Waals surface area contributed by atoms with Crippen LogP contribution in [0.15, 0.2) is 24.5 Å². The lowest BCUT2D eigenvalue weighted by Gasteiger charge is -2.33. The highest BCUT2D eigenvalue weighted by Crippen LogP contribution is 2.23. The molecule has 2 aromatic heterocycles. The summed E-state index contributed by atoms with van der Waals surface area (Å²) in [5.41, 5.74) is 1.26. The van der Waals surface area contributed by atoms with Crippen LogP contribution in [0.1, 0.15) is 0 Å². The van der Waals surface area contributed by atoms with Crippen LogP contribution in [0.4, 0.5) is 5.82 Å². The Morgan fingerprint density at radius 2 is 2.21 bits per heavy atom. The first-order valence-corrected chi connectivity index (χ1v) is 7.06. The topological polar surface area (TPSA) is 79.2 Å². The number of hydrogen-bond donors (Lipinski definition) is 1. The van der Waals surface area contributed by atoms with Gasteiger partial charge in [0.05, 0.1) is 0 Å². The summed E-state index contributed by atoms with van der Waals surface area (Å²) in [5, 5.41) is 9.27. The third kappa shape index (κ3) is 2.33. The number of carbonyl (C=O) groups is 1. The van der Waals surface area contributed by atoms with Gasteiger partial charge in [-0.25, -0.2) is 14.8 Å². The van der Waals surface area contributed by atoms with Crippen molar-refractivity contribution in [3.05, 3.63) is 24.5 Å². The Labute approximate surface area is 113 Å². The van der Waals surface area contributed by atoms with Crippen LogP contribution >= 0.6 is 11.8 Å². The molecule has 3 rings (SSSR count). The van der Waals surface area contributed by atoms with Gasteiger partial charge >= 0.3 is 5.97 Å². The third-order valence-corrected chi connectivity index (χ3v) is 4.05. The molecule has 1 atom stereocenters. The molecule has 1 aliphatic heterocycles. The second kappa shape index (κ2) is 5.00. The third-order valence-electron chi connectivity index (χ3n) is 3.02. The molecule has 98 valence electrons. The molecular formula is C12H12N4O2S. The molecule has 0 amide bonds. The maximum absolute atomic E-state index is 11.3. The number of aromatic nitrogens is 3. The lowest BCUT2D eigenvalue weighted by Crippen LogP contribution is -2.47. The van der Waals surface area contributed by atoms with E-state index in [4.69, 9.17) is 0 Å². The smallest absolute Gasteiger partial charge is 0.327 e. The number of carboxylic acids is 1. The number of aliphatic carboxylic acids is 1. The zero-order valence-electron chi connectivity index (χ0n) is 10.1. The van der Waals surface area contributed by atoms with Gasteiger partial charge in [0, 0.05) is 30.4 Å². The number of pyridine rings is 1. The summed E-state index contributed by atoms with van der Waals surface area (Å²) in [6.07, 6.45) is 3.20. The standard InChI is InChI=1S/C12H12N4O2S/c17-12(18)9-7-19-6-5-16(9)10-2-1-8-11(15-10)14-4-3-13-8/h1-4,9H,5-7H2,(H,17,18). The van der Waals surface area contributed by atoms with E-state index >= 15 is 0 Å². The van der Waals surface area contributed by atoms with E-state index in [0.717, 1.165) is 5.75 Å². The predicted molar refractivity (Wildman–Crippen MR) is 73.4 cm³/mol. The van der Waals surface area contributed by atoms with Gasteiger partial charge in [0.2, 0.25) is 0 Å². The zero-order valence-corrected chi connectivity index (χ0v) is 10.9. The molecule has 2 aromatic rings. The van der Waals surface area contributed by atoms with E-state index in [1.165, 1.54) is 0 Å². The van der Waals surface area contributed by atoms with Crippen LogP contribution < -0.4 is 4.90 Å². The molecule has 1 aliphatic rings. The van der Waals surface area contributed by atoms with Gasteiger partial charge in [0.25, 0.3) is 0 Å². The fraction of sp³-hybridized carbons (Fsp3) is 0.333. The molecule has 0 bridgehead atoms. The predicted octanol–water partition coefficient (Wildman–Crippen LogP) is 1.03. The quantitative estimate of drug-likeness (QED) is 0.877. The lowest BCUT2D eigenvalue weighted by molar-refractivity contribution is -0.138. The van der Waals surface area contributed by atoms with Crippen molar-refractivity contribution in [2.45, 2.75) is 6.04 Å². The van der Waals surface area contributed by atoms with Crippen molar-refractivity contribution in [1.82, 2.24) is 15.0 Å². The first-order valence-electron chi connectivity index (χ1n) is 5.90. The van der Waals surface area contributed by atoms with Gasteiger partial charge in [-0.2, -0.15) is 11.8 Å². The Kier molecular flexibility index (Phi) is 3.20. The van der Waals surface area contributed by atoms with Gasteiger partial charge in [-0.3, -0.25) is 4.98 Å². The molecule has 7 heteroatoms. The van der Waals surface area contributed by atoms with Crippen molar-refractivity contribution >= 4 is 34.7 Å². The fourth-order valence-corrected chi connectivity index (χ4v) is 3.13. The van der Waals surface area contributed by atoms with Gasteiger partial charge in [-0.15, -0.1) is 0 Å². The maximum atomic E-state index is 11.3. The van der Waals surface area contributed by atoms with Crippen molar-refractivity contribution in [1.29, 1.82) is 0 Å². The summed E-state index contributed by atoms with van der Waals surface area (Å²) in [5.74, 6) is 1.33. The van der Waals surface area contributed by atoms with Crippen LogP contribution in [-0.4, -0.2) is 50.1 Å². The summed E-state index contributed by atoms with van der Waals surface area (Å²) < 4.78 is 0. The normalized spacial score (nSPS) is 19.6. The van der Waals surface area contributed by atoms with Gasteiger partial charge < -0.3 is 10.0 Å². The second-order valence-corrected chi connectivity index (χ2v) is 5.34. The molecule has 0 aliphatic carbocycles. The Morgan fingerprint density at radius 1 is 1.37 bits per heavy atom. The monoisotopic (exact) mass is 276 g/mol. The number of hydrogen-bond acceptors (Lipinski definition) is 6. The van der Waals surface area contributed by atoms with Gasteiger partial charge in [0.15, 0.2) is 5.65 Å². The average molecular weight is 276 g/mol. The number of rotatable bonds is 2. The van der Waals surface area contributed by atoms with E-state index in [0.29, 0.717) is 29.3 Å². The van der Waals surface area contributed by atoms with Crippen molar-refractivity contribution in [3.8, 4) is 0 Å². The van der Waals surface area contributed by atoms with Crippen molar-refractivity contribution < 1.29 is 9.90 Å². The molecule has 1 fully saturated rings. The van der Waals surface area contributed by atoms with E-state index in [1.54, 1.807) is 24.2 Å². The highest BCUT2D eigenvalue weighted by atomic mass is 32.2. The number of anilines is 1. The first kappa shape index (κ1) is 12.2. The van der Waals surface area contributed by atoms with Gasteiger partial charge in [-0.05, 0) is 12.1 Å². The van der Waals surface area contributed by atoms with Crippen LogP contribution in [0, 0.1) is 0 Å². The molecule has 0 saturated carbocycles. The molecule has 19 heavy (non-hydrogen) atoms. The Hall–Kier alpha value is -1.89. The molecule has 1 N–H and O–H groups in total. The summed E-state index contributed by atoms with van der Waals surface area (Å²) in [6.45, 7) is 0.681. The largest absolute Gasteiger partial charge is 0.480 e. The van der Waals surface area contributed by atoms with Crippen LogP contribution in [0.2, 0.25) is 0 Å². The highest BCUT2D eigenvalue weighted by molar-refractivity contribution is 7.99. The summed E-state index contributed by atoms with van der Waals surface area (Å²) in [6, 6.07) is 3.11. The SMILES string of the molecule is O=C(O)C1CSCCN1c1ccc2nccnc2n1. The van der Waals surface area contributed by atoms with E-state index in [9.17, 15) is 9.90 Å². The van der Waals surface area contributed by atoms with Crippen LogP contribution in [-0.2, 0) is 4.79 Å². The number of carboxylic acid groups (broad SMARTS) is 1. The maximum Gasteiger partial charge on any atom is 0.327 e. The Morgan fingerprint density at radius 3 is 3.05 bits per heavy atom. The minimum atomic E-state index is -0.812. The van der Waals surface area contributed by atoms with Crippen molar-refractivity contribution in [2.24, 2.45) is 0 Å². The zero-order chi connectivity index (χ0) is 13.2. The van der Waals surface area contributed by atoms with E-state index < -0.39 is 12.0 Å². The van der Waals surface area contributed by atoms with E-state index in [-0.39, 0.29) is 0 Å². The molecular weight excluding hydrogens is 264 g/mol. The molecule has 0 aromatic carbocycles. The minimum absolute atomic E-state index is 0.527. The summed E-state index contributed by atoms with van der Waals surface area (Å²) in [4.78, 5) is 25.8. The van der Waals surface area contributed by atoms with Crippen LogP contribution in [0.25, 0.3) is 11.2 Å². The second-order valence-electron chi connectivity index (χ2n) is 4.19. The number of fused-ring (bicyclic) bond motifs is 1.